The summed E-state index contributed by atoms with van der Waals surface area (Å²) in [5, 5.41) is 7.20. The molecule has 2 heterocycles. The number of nitrogens with one attached hydrogen (secondary N) is 2. The van der Waals surface area contributed by atoms with Crippen LogP contribution in [0.3, 0.4) is 0 Å². The number of rotatable bonds is 10. The molecule has 6 nitrogen and oxygen atoms in total. The molecule has 2 aromatic carbocycles. The predicted octanol–water partition coefficient (Wildman–Crippen LogP) is 6.51. The number of halogens is 3. The number of amides is 2. The summed E-state index contributed by atoms with van der Waals surface area (Å²) in [6, 6.07) is 15.1. The topological polar surface area (TPSA) is 64.7 Å². The van der Waals surface area contributed by atoms with E-state index < -0.39 is 6.04 Å². The van der Waals surface area contributed by atoms with Gasteiger partial charge in [0.25, 0.3) is 0 Å². The van der Waals surface area contributed by atoms with Crippen LogP contribution in [0.25, 0.3) is 0 Å². The first-order valence-corrected chi connectivity index (χ1v) is 15.8. The molecule has 2 amide bonds. The van der Waals surface area contributed by atoms with Crippen molar-refractivity contribution in [1.82, 2.24) is 20.4 Å². The van der Waals surface area contributed by atoms with Crippen LogP contribution in [0.15, 0.2) is 60.2 Å². The minimum Gasteiger partial charge on any atom is -0.344 e. The van der Waals surface area contributed by atoms with E-state index in [1.54, 1.807) is 0 Å². The zero-order valence-electron chi connectivity index (χ0n) is 25.2. The van der Waals surface area contributed by atoms with Crippen molar-refractivity contribution in [3.8, 4) is 0 Å². The van der Waals surface area contributed by atoms with E-state index in [1.165, 1.54) is 55.2 Å². The third-order valence-corrected chi connectivity index (χ3v) is 9.31. The number of benzene rings is 2. The number of nitrogens with zero attached hydrogens (tertiary/aromatic N) is 2. The van der Waals surface area contributed by atoms with Gasteiger partial charge in [0.2, 0.25) is 11.8 Å². The van der Waals surface area contributed by atoms with Gasteiger partial charge >= 0.3 is 0 Å². The number of allylic oxidation sites excluding steroid dienone is 1. The SMILES string of the molecule is CC(=CCN1CCN(C(=O)C(Cc2ccc(Cl)cc2)NC(=O)CC2NCc3ccccc32)CC1)CC1CCCCC1.Cl.Cl. The molecule has 0 aromatic heterocycles. The first-order chi connectivity index (χ1) is 19.9. The van der Waals surface area contributed by atoms with Crippen LogP contribution >= 0.6 is 36.4 Å². The van der Waals surface area contributed by atoms with E-state index in [-0.39, 0.29) is 42.7 Å². The Bertz CT molecular complexity index is 1210. The van der Waals surface area contributed by atoms with Crippen LogP contribution in [0.4, 0.5) is 0 Å². The fourth-order valence-electron chi connectivity index (χ4n) is 6.64. The molecule has 2 fully saturated rings. The second-order valence-corrected chi connectivity index (χ2v) is 12.6. The summed E-state index contributed by atoms with van der Waals surface area (Å²) in [6.07, 6.45) is 11.3. The van der Waals surface area contributed by atoms with Gasteiger partial charge in [-0.15, -0.1) is 24.8 Å². The molecule has 2 unspecified atom stereocenters. The molecule has 1 saturated carbocycles. The summed E-state index contributed by atoms with van der Waals surface area (Å²) in [7, 11) is 0. The van der Waals surface area contributed by atoms with Crippen LogP contribution < -0.4 is 10.6 Å². The maximum absolute atomic E-state index is 13.8. The second-order valence-electron chi connectivity index (χ2n) is 12.2. The lowest BCUT2D eigenvalue weighted by atomic mass is 9.85. The van der Waals surface area contributed by atoms with E-state index in [2.05, 4.69) is 40.7 Å². The normalized spacial score (nSPS) is 20.0. The van der Waals surface area contributed by atoms with Crippen molar-refractivity contribution in [2.24, 2.45) is 5.92 Å². The largest absolute Gasteiger partial charge is 0.344 e. The summed E-state index contributed by atoms with van der Waals surface area (Å²) in [5.41, 5.74) is 4.88. The number of fused-ring (bicyclic) bond motifs is 1. The first-order valence-electron chi connectivity index (χ1n) is 15.5. The number of piperazine rings is 1. The Morgan fingerprint density at radius 1 is 0.977 bits per heavy atom. The van der Waals surface area contributed by atoms with E-state index in [9.17, 15) is 9.59 Å². The molecule has 0 spiro atoms. The smallest absolute Gasteiger partial charge is 0.245 e. The maximum atomic E-state index is 13.8. The molecule has 2 atom stereocenters. The van der Waals surface area contributed by atoms with Crippen LogP contribution in [-0.2, 0) is 22.6 Å². The Morgan fingerprint density at radius 2 is 1.67 bits per heavy atom. The Balaban J connectivity index is 0.00000253. The molecule has 1 aliphatic carbocycles. The van der Waals surface area contributed by atoms with Crippen LogP contribution in [0.5, 0.6) is 0 Å². The van der Waals surface area contributed by atoms with Gasteiger partial charge in [0.15, 0.2) is 0 Å². The van der Waals surface area contributed by atoms with Crippen molar-refractivity contribution < 1.29 is 9.59 Å². The Kier molecular flexibility index (Phi) is 14.3. The van der Waals surface area contributed by atoms with Crippen LogP contribution in [0.1, 0.15) is 74.6 Å². The predicted molar refractivity (Wildman–Crippen MR) is 180 cm³/mol. The zero-order chi connectivity index (χ0) is 28.6. The standard InChI is InChI=1S/C34H45ClN4O2.2ClH/c1-25(21-26-7-3-2-4-8-26)15-16-38-17-19-39(20-18-38)34(41)32(22-27-11-13-29(35)14-12-27)37-33(40)23-31-30-10-6-5-9-28(30)24-36-31;;/h5-6,9-15,26,31-32,36H,2-4,7-8,16-24H2,1H3,(H,37,40);2*1H. The van der Waals surface area contributed by atoms with E-state index in [0.717, 1.165) is 37.7 Å². The molecule has 9 heteroatoms. The van der Waals surface area contributed by atoms with Gasteiger partial charge in [0.1, 0.15) is 6.04 Å². The van der Waals surface area contributed by atoms with Crippen molar-refractivity contribution in [2.45, 2.75) is 76.9 Å². The average Bonchev–Trinajstić information content (AvgIpc) is 3.40. The van der Waals surface area contributed by atoms with Crippen molar-refractivity contribution in [1.29, 1.82) is 0 Å². The van der Waals surface area contributed by atoms with E-state index in [1.807, 2.05) is 41.3 Å². The molecular weight excluding hydrogens is 603 g/mol. The van der Waals surface area contributed by atoms with Crippen molar-refractivity contribution >= 4 is 48.2 Å². The van der Waals surface area contributed by atoms with Crippen molar-refractivity contribution in [3.63, 3.8) is 0 Å². The van der Waals surface area contributed by atoms with Crippen LogP contribution in [0, 0.1) is 5.92 Å². The molecule has 236 valence electrons. The molecule has 5 rings (SSSR count). The highest BCUT2D eigenvalue weighted by Crippen LogP contribution is 2.29. The first kappa shape index (κ1) is 35.4. The Hall–Kier alpha value is -2.09. The highest BCUT2D eigenvalue weighted by molar-refractivity contribution is 6.30. The molecule has 2 aromatic rings. The van der Waals surface area contributed by atoms with Gasteiger partial charge in [-0.3, -0.25) is 14.5 Å². The van der Waals surface area contributed by atoms with Gasteiger partial charge in [0, 0.05) is 63.2 Å². The average molecular weight is 650 g/mol. The molecule has 0 radical (unpaired) electrons. The Morgan fingerprint density at radius 3 is 2.40 bits per heavy atom. The number of carbonyl (C=O) groups is 2. The monoisotopic (exact) mass is 648 g/mol. The third kappa shape index (κ3) is 10.2. The molecule has 0 bridgehead atoms. The number of carbonyl (C=O) groups excluding carboxylic acids is 2. The van der Waals surface area contributed by atoms with Gasteiger partial charge in [0.05, 0.1) is 0 Å². The summed E-state index contributed by atoms with van der Waals surface area (Å²) < 4.78 is 0. The third-order valence-electron chi connectivity index (χ3n) is 9.06. The molecule has 43 heavy (non-hydrogen) atoms. The maximum Gasteiger partial charge on any atom is 0.245 e. The highest BCUT2D eigenvalue weighted by atomic mass is 35.5. The minimum atomic E-state index is -0.607. The minimum absolute atomic E-state index is 0. The zero-order valence-corrected chi connectivity index (χ0v) is 27.6. The molecule has 3 aliphatic rings. The van der Waals surface area contributed by atoms with Crippen LogP contribution in [0.2, 0.25) is 5.02 Å². The fraction of sp³-hybridized carbons (Fsp3) is 0.529. The molecular formula is C34H47Cl3N4O2. The van der Waals surface area contributed by atoms with Gasteiger partial charge < -0.3 is 15.5 Å². The van der Waals surface area contributed by atoms with Gasteiger partial charge in [-0.05, 0) is 48.1 Å². The molecule has 2 N–H and O–H groups in total. The molecule has 1 saturated heterocycles. The lowest BCUT2D eigenvalue weighted by Crippen LogP contribution is -2.55. The second kappa shape index (κ2) is 17.4. The van der Waals surface area contributed by atoms with Crippen LogP contribution in [-0.4, -0.2) is 60.4 Å². The summed E-state index contributed by atoms with van der Waals surface area (Å²) in [4.78, 5) is 31.4. The summed E-state index contributed by atoms with van der Waals surface area (Å²) in [6.45, 7) is 7.05. The highest BCUT2D eigenvalue weighted by Gasteiger charge is 2.30. The lowest BCUT2D eigenvalue weighted by molar-refractivity contribution is -0.138. The van der Waals surface area contributed by atoms with Crippen molar-refractivity contribution in [2.75, 3.05) is 32.7 Å². The van der Waals surface area contributed by atoms with Gasteiger partial charge in [-0.1, -0.05) is 91.8 Å². The van der Waals surface area contributed by atoms with Gasteiger partial charge in [-0.25, -0.2) is 0 Å². The van der Waals surface area contributed by atoms with E-state index in [4.69, 9.17) is 11.6 Å². The summed E-state index contributed by atoms with van der Waals surface area (Å²) in [5.74, 6) is 0.752. The number of hydrogen-bond acceptors (Lipinski definition) is 4. The van der Waals surface area contributed by atoms with E-state index in [0.29, 0.717) is 31.0 Å². The van der Waals surface area contributed by atoms with E-state index >= 15 is 0 Å². The van der Waals surface area contributed by atoms with Crippen molar-refractivity contribution in [3.05, 3.63) is 81.9 Å². The Labute approximate surface area is 274 Å². The van der Waals surface area contributed by atoms with Gasteiger partial charge in [-0.2, -0.15) is 0 Å². The quantitative estimate of drug-likeness (QED) is 0.288. The number of hydrogen-bond donors (Lipinski definition) is 2. The summed E-state index contributed by atoms with van der Waals surface area (Å²) >= 11 is 6.10. The lowest BCUT2D eigenvalue weighted by Gasteiger charge is -2.36. The molecule has 2 aliphatic heterocycles. The fourth-order valence-corrected chi connectivity index (χ4v) is 6.77.